The Kier molecular flexibility index (Phi) is 5.54. The highest BCUT2D eigenvalue weighted by molar-refractivity contribution is 6.33. The summed E-state index contributed by atoms with van der Waals surface area (Å²) in [4.78, 5) is 11.9. The standard InChI is InChI=1S/C16H14ClFN2O3/c1-10(23-12-5-2-4-11(18)8-12)16(22)20-19-9-13-14(17)6-3-7-15(13)21/h2-10,21H,1H3,(H,20,22). The van der Waals surface area contributed by atoms with Gasteiger partial charge in [0, 0.05) is 6.07 Å². The summed E-state index contributed by atoms with van der Waals surface area (Å²) in [7, 11) is 0. The van der Waals surface area contributed by atoms with Crippen LogP contribution in [0.1, 0.15) is 12.5 Å². The van der Waals surface area contributed by atoms with Crippen LogP contribution in [-0.4, -0.2) is 23.3 Å². The number of nitrogens with zero attached hydrogens (tertiary/aromatic N) is 1. The summed E-state index contributed by atoms with van der Waals surface area (Å²) in [5, 5.41) is 13.7. The lowest BCUT2D eigenvalue weighted by atomic mass is 10.2. The molecule has 0 saturated heterocycles. The molecule has 23 heavy (non-hydrogen) atoms. The van der Waals surface area contributed by atoms with E-state index in [0.29, 0.717) is 5.02 Å². The van der Waals surface area contributed by atoms with Crippen molar-refractivity contribution in [3.05, 3.63) is 58.9 Å². The fourth-order valence-electron chi connectivity index (χ4n) is 1.70. The first-order valence-electron chi connectivity index (χ1n) is 6.70. The van der Waals surface area contributed by atoms with E-state index in [-0.39, 0.29) is 17.1 Å². The molecule has 1 unspecified atom stereocenters. The number of nitrogens with one attached hydrogen (secondary N) is 1. The number of hydrogen-bond acceptors (Lipinski definition) is 4. The number of carbonyl (C=O) groups excluding carboxylic acids is 1. The van der Waals surface area contributed by atoms with Crippen molar-refractivity contribution in [2.45, 2.75) is 13.0 Å². The molecule has 0 saturated carbocycles. The molecule has 0 bridgehead atoms. The van der Waals surface area contributed by atoms with Crippen molar-refractivity contribution in [3.63, 3.8) is 0 Å². The Balaban J connectivity index is 1.95. The van der Waals surface area contributed by atoms with Gasteiger partial charge in [-0.3, -0.25) is 4.79 Å². The molecule has 0 aliphatic heterocycles. The Morgan fingerprint density at radius 3 is 2.83 bits per heavy atom. The second-order valence-electron chi connectivity index (χ2n) is 4.62. The predicted octanol–water partition coefficient (Wildman–Crippen LogP) is 3.10. The van der Waals surface area contributed by atoms with Gasteiger partial charge in [0.2, 0.25) is 0 Å². The van der Waals surface area contributed by atoms with Gasteiger partial charge in [-0.25, -0.2) is 9.82 Å². The Morgan fingerprint density at radius 1 is 1.39 bits per heavy atom. The Morgan fingerprint density at radius 2 is 2.13 bits per heavy atom. The third-order valence-corrected chi connectivity index (χ3v) is 3.21. The van der Waals surface area contributed by atoms with Crippen LogP contribution in [0.15, 0.2) is 47.6 Å². The van der Waals surface area contributed by atoms with Crippen LogP contribution >= 0.6 is 11.6 Å². The number of halogens is 2. The third-order valence-electron chi connectivity index (χ3n) is 2.88. The molecule has 0 aliphatic rings. The minimum Gasteiger partial charge on any atom is -0.507 e. The third kappa shape index (κ3) is 4.69. The lowest BCUT2D eigenvalue weighted by molar-refractivity contribution is -0.127. The number of hydrazone groups is 1. The molecule has 2 rings (SSSR count). The van der Waals surface area contributed by atoms with Crippen molar-refractivity contribution in [1.29, 1.82) is 0 Å². The molecule has 120 valence electrons. The lowest BCUT2D eigenvalue weighted by Crippen LogP contribution is -2.33. The van der Waals surface area contributed by atoms with Crippen LogP contribution in [0.3, 0.4) is 0 Å². The van der Waals surface area contributed by atoms with E-state index >= 15 is 0 Å². The van der Waals surface area contributed by atoms with E-state index in [0.717, 1.165) is 0 Å². The smallest absolute Gasteiger partial charge is 0.280 e. The highest BCUT2D eigenvalue weighted by Crippen LogP contribution is 2.22. The Labute approximate surface area is 137 Å². The minimum atomic E-state index is -0.881. The van der Waals surface area contributed by atoms with Gasteiger partial charge >= 0.3 is 0 Å². The maximum absolute atomic E-state index is 13.0. The number of ether oxygens (including phenoxy) is 1. The number of aromatic hydroxyl groups is 1. The number of carbonyl (C=O) groups is 1. The highest BCUT2D eigenvalue weighted by Gasteiger charge is 2.14. The van der Waals surface area contributed by atoms with Crippen molar-refractivity contribution in [2.24, 2.45) is 5.10 Å². The van der Waals surface area contributed by atoms with Gasteiger partial charge in [0.25, 0.3) is 5.91 Å². The molecule has 7 heteroatoms. The van der Waals surface area contributed by atoms with Gasteiger partial charge in [0.05, 0.1) is 16.8 Å². The zero-order chi connectivity index (χ0) is 16.8. The van der Waals surface area contributed by atoms with E-state index < -0.39 is 17.8 Å². The second kappa shape index (κ2) is 7.60. The quantitative estimate of drug-likeness (QED) is 0.651. The number of amides is 1. The van der Waals surface area contributed by atoms with Crippen molar-refractivity contribution in [1.82, 2.24) is 5.43 Å². The highest BCUT2D eigenvalue weighted by atomic mass is 35.5. The van der Waals surface area contributed by atoms with Crippen molar-refractivity contribution in [3.8, 4) is 11.5 Å². The van der Waals surface area contributed by atoms with E-state index in [9.17, 15) is 14.3 Å². The maximum Gasteiger partial charge on any atom is 0.280 e. The molecule has 1 amide bonds. The van der Waals surface area contributed by atoms with E-state index in [4.69, 9.17) is 16.3 Å². The summed E-state index contributed by atoms with van der Waals surface area (Å²) in [6.45, 7) is 1.50. The molecule has 1 atom stereocenters. The lowest BCUT2D eigenvalue weighted by Gasteiger charge is -2.12. The monoisotopic (exact) mass is 336 g/mol. The van der Waals surface area contributed by atoms with Gasteiger partial charge in [-0.05, 0) is 31.2 Å². The van der Waals surface area contributed by atoms with Crippen LogP contribution < -0.4 is 10.2 Å². The maximum atomic E-state index is 13.0. The topological polar surface area (TPSA) is 70.9 Å². The van der Waals surface area contributed by atoms with Crippen molar-refractivity contribution in [2.75, 3.05) is 0 Å². The van der Waals surface area contributed by atoms with E-state index in [1.165, 1.54) is 43.5 Å². The van der Waals surface area contributed by atoms with Crippen LogP contribution in [0.5, 0.6) is 11.5 Å². The fourth-order valence-corrected chi connectivity index (χ4v) is 1.92. The molecular formula is C16H14ClFN2O3. The van der Waals surface area contributed by atoms with Gasteiger partial charge in [-0.2, -0.15) is 5.10 Å². The molecule has 2 aromatic rings. The average Bonchev–Trinajstić information content (AvgIpc) is 2.50. The minimum absolute atomic E-state index is 0.0560. The first-order chi connectivity index (χ1) is 11.0. The number of rotatable bonds is 5. The normalized spacial score (nSPS) is 12.1. The number of phenolic OH excluding ortho intramolecular Hbond substituents is 1. The van der Waals surface area contributed by atoms with Gasteiger partial charge in [0.1, 0.15) is 17.3 Å². The van der Waals surface area contributed by atoms with Crippen LogP contribution in [0.2, 0.25) is 5.02 Å². The van der Waals surface area contributed by atoms with Gasteiger partial charge in [-0.15, -0.1) is 0 Å². The number of hydrogen-bond donors (Lipinski definition) is 2. The molecule has 0 fully saturated rings. The van der Waals surface area contributed by atoms with Crippen molar-refractivity contribution < 1.29 is 19.0 Å². The molecule has 0 heterocycles. The summed E-state index contributed by atoms with van der Waals surface area (Å²) in [5.74, 6) is -0.806. The number of phenols is 1. The Bertz CT molecular complexity index is 717. The summed E-state index contributed by atoms with van der Waals surface area (Å²) >= 11 is 5.91. The largest absolute Gasteiger partial charge is 0.507 e. The molecule has 2 aromatic carbocycles. The van der Waals surface area contributed by atoms with Crippen LogP contribution in [-0.2, 0) is 4.79 Å². The molecule has 0 spiro atoms. The molecular weight excluding hydrogens is 323 g/mol. The van der Waals surface area contributed by atoms with Crippen molar-refractivity contribution >= 4 is 23.7 Å². The van der Waals surface area contributed by atoms with E-state index in [1.54, 1.807) is 12.1 Å². The molecule has 0 aromatic heterocycles. The van der Waals surface area contributed by atoms with Gasteiger partial charge in [0.15, 0.2) is 6.10 Å². The first-order valence-corrected chi connectivity index (χ1v) is 7.08. The van der Waals surface area contributed by atoms with E-state index in [1.807, 2.05) is 0 Å². The molecule has 5 nitrogen and oxygen atoms in total. The van der Waals surface area contributed by atoms with Crippen LogP contribution in [0.25, 0.3) is 0 Å². The SMILES string of the molecule is CC(Oc1cccc(F)c1)C(=O)NN=Cc1c(O)cccc1Cl. The second-order valence-corrected chi connectivity index (χ2v) is 5.03. The van der Waals surface area contributed by atoms with E-state index in [2.05, 4.69) is 10.5 Å². The summed E-state index contributed by atoms with van der Waals surface area (Å²) in [6, 6.07) is 10.1. The average molecular weight is 337 g/mol. The van der Waals surface area contributed by atoms with Crippen LogP contribution in [0, 0.1) is 5.82 Å². The van der Waals surface area contributed by atoms with Gasteiger partial charge < -0.3 is 9.84 Å². The summed E-state index contributed by atoms with van der Waals surface area (Å²) in [5.41, 5.74) is 2.55. The van der Waals surface area contributed by atoms with Crippen LogP contribution in [0.4, 0.5) is 4.39 Å². The number of benzene rings is 2. The zero-order valence-electron chi connectivity index (χ0n) is 12.2. The summed E-state index contributed by atoms with van der Waals surface area (Å²) < 4.78 is 18.4. The summed E-state index contributed by atoms with van der Waals surface area (Å²) in [6.07, 6.45) is 0.346. The molecule has 2 N–H and O–H groups in total. The Hall–Kier alpha value is -2.60. The molecule has 0 radical (unpaired) electrons. The zero-order valence-corrected chi connectivity index (χ0v) is 12.9. The molecule has 0 aliphatic carbocycles. The first kappa shape index (κ1) is 16.8. The van der Waals surface area contributed by atoms with Gasteiger partial charge in [-0.1, -0.05) is 23.7 Å². The fraction of sp³-hybridized carbons (Fsp3) is 0.125. The predicted molar refractivity (Wildman–Crippen MR) is 85.3 cm³/mol.